The number of anilines is 2. The average molecular weight is 478 g/mol. The maximum Gasteiger partial charge on any atom is 0.259 e. The number of furan rings is 1. The lowest BCUT2D eigenvalue weighted by Crippen LogP contribution is -2.33. The number of nitrogens with zero attached hydrogens (tertiary/aromatic N) is 7. The van der Waals surface area contributed by atoms with Gasteiger partial charge in [0.15, 0.2) is 5.76 Å². The number of nitrogens with one attached hydrogen (secondary N) is 1. The zero-order valence-corrected chi connectivity index (χ0v) is 20.1. The van der Waals surface area contributed by atoms with Crippen LogP contribution in [0.2, 0.25) is 0 Å². The molecule has 3 N–H and O–H groups in total. The fourth-order valence-electron chi connectivity index (χ4n) is 4.20. The Hall–Kier alpha value is -3.70. The Balaban J connectivity index is 1.09. The van der Waals surface area contributed by atoms with Crippen molar-refractivity contribution in [2.24, 2.45) is 0 Å². The van der Waals surface area contributed by atoms with Crippen molar-refractivity contribution in [1.29, 1.82) is 0 Å². The highest BCUT2D eigenvalue weighted by molar-refractivity contribution is 5.52. The van der Waals surface area contributed by atoms with E-state index in [1.165, 1.54) is 16.5 Å². The molecule has 1 fully saturated rings. The number of hydrogen-bond donors (Lipinski definition) is 2. The smallest absolute Gasteiger partial charge is 0.259 e. The van der Waals surface area contributed by atoms with Gasteiger partial charge in [0.25, 0.3) is 5.78 Å². The van der Waals surface area contributed by atoms with E-state index in [4.69, 9.17) is 14.9 Å². The van der Waals surface area contributed by atoms with Gasteiger partial charge in [0.1, 0.15) is 12.4 Å². The van der Waals surface area contributed by atoms with E-state index in [2.05, 4.69) is 61.4 Å². The average Bonchev–Trinajstić information content (AvgIpc) is 3.61. The van der Waals surface area contributed by atoms with Gasteiger partial charge in [-0.05, 0) is 63.3 Å². The molecule has 1 aliphatic heterocycles. The third-order valence-electron chi connectivity index (χ3n) is 6.25. The number of benzene rings is 1. The molecule has 0 radical (unpaired) electrons. The van der Waals surface area contributed by atoms with Crippen LogP contribution in [-0.4, -0.2) is 87.3 Å². The molecule has 1 saturated heterocycles. The third-order valence-corrected chi connectivity index (χ3v) is 6.25. The quantitative estimate of drug-likeness (QED) is 0.351. The van der Waals surface area contributed by atoms with Crippen molar-refractivity contribution < 1.29 is 9.15 Å². The van der Waals surface area contributed by atoms with Crippen molar-refractivity contribution in [3.8, 4) is 17.3 Å². The first-order chi connectivity index (χ1) is 17.0. The number of likely N-dealkylation sites (tertiary alicyclic amines) is 1. The Kier molecular flexibility index (Phi) is 6.77. The van der Waals surface area contributed by atoms with Crippen molar-refractivity contribution in [3.63, 3.8) is 0 Å². The summed E-state index contributed by atoms with van der Waals surface area (Å²) in [6, 6.07) is 12.4. The molecule has 1 atom stereocenters. The summed E-state index contributed by atoms with van der Waals surface area (Å²) in [5.41, 5.74) is 7.23. The number of nitrogen functional groups attached to an aromatic ring is 1. The van der Waals surface area contributed by atoms with Crippen LogP contribution in [0.5, 0.6) is 5.75 Å². The van der Waals surface area contributed by atoms with Gasteiger partial charge in [0, 0.05) is 25.7 Å². The summed E-state index contributed by atoms with van der Waals surface area (Å²) in [4.78, 5) is 17.8. The maximum atomic E-state index is 6.04. The molecular formula is C24H31N9O2. The lowest BCUT2D eigenvalue weighted by molar-refractivity contribution is 0.220. The standard InChI is InChI=1S/C24H31N9O2/c1-31(2)18-10-12-32(16-18)13-15-34-19-7-5-17(6-8-19)9-11-26-23-28-22(25)33-24(29-23)27-21(30-33)20-4-3-14-35-20/h3-8,14,18H,9-13,15-16H2,1-2H3,(H3,25,26,27,28,29,30)/t18-/m0/s1. The van der Waals surface area contributed by atoms with Crippen LogP contribution in [0, 0.1) is 0 Å². The number of likely N-dealkylation sites (N-methyl/N-ethyl adjacent to an activating group) is 1. The fourth-order valence-corrected chi connectivity index (χ4v) is 4.20. The Morgan fingerprint density at radius 2 is 2.03 bits per heavy atom. The summed E-state index contributed by atoms with van der Waals surface area (Å²) >= 11 is 0. The molecule has 1 aromatic carbocycles. The summed E-state index contributed by atoms with van der Waals surface area (Å²) in [5, 5.41) is 7.52. The normalized spacial score (nSPS) is 16.4. The lowest BCUT2D eigenvalue weighted by Gasteiger charge is -2.20. The maximum absolute atomic E-state index is 6.04. The van der Waals surface area contributed by atoms with E-state index in [9.17, 15) is 0 Å². The molecule has 11 heteroatoms. The third kappa shape index (κ3) is 5.52. The molecule has 4 aromatic rings. The van der Waals surface area contributed by atoms with Crippen molar-refractivity contribution >= 4 is 17.7 Å². The van der Waals surface area contributed by atoms with Crippen LogP contribution in [0.15, 0.2) is 47.1 Å². The predicted molar refractivity (Wildman–Crippen MR) is 133 cm³/mol. The van der Waals surface area contributed by atoms with E-state index < -0.39 is 0 Å². The number of nitrogens with two attached hydrogens (primary N) is 1. The fraction of sp³-hybridized carbons (Fsp3) is 0.417. The van der Waals surface area contributed by atoms with Crippen LogP contribution in [0.1, 0.15) is 12.0 Å². The van der Waals surface area contributed by atoms with Gasteiger partial charge in [-0.2, -0.15) is 19.5 Å². The number of ether oxygens (including phenoxy) is 1. The van der Waals surface area contributed by atoms with Crippen LogP contribution in [0.25, 0.3) is 17.4 Å². The van der Waals surface area contributed by atoms with E-state index in [0.717, 1.165) is 31.8 Å². The summed E-state index contributed by atoms with van der Waals surface area (Å²) in [5.74, 6) is 2.83. The number of fused-ring (bicyclic) bond motifs is 1. The summed E-state index contributed by atoms with van der Waals surface area (Å²) in [6.07, 6.45) is 3.60. The molecule has 4 heterocycles. The molecule has 3 aromatic heterocycles. The van der Waals surface area contributed by atoms with Gasteiger partial charge in [-0.25, -0.2) is 0 Å². The van der Waals surface area contributed by atoms with Gasteiger partial charge in [-0.3, -0.25) is 4.90 Å². The molecule has 1 aliphatic rings. The zero-order chi connectivity index (χ0) is 24.2. The zero-order valence-electron chi connectivity index (χ0n) is 20.1. The molecule has 0 unspecified atom stereocenters. The Morgan fingerprint density at radius 1 is 1.17 bits per heavy atom. The van der Waals surface area contributed by atoms with Crippen LogP contribution in [0.3, 0.4) is 0 Å². The molecule has 0 amide bonds. The monoisotopic (exact) mass is 477 g/mol. The Bertz CT molecular complexity index is 1240. The first-order valence-electron chi connectivity index (χ1n) is 11.8. The van der Waals surface area contributed by atoms with Crippen LogP contribution in [-0.2, 0) is 6.42 Å². The summed E-state index contributed by atoms with van der Waals surface area (Å²) < 4.78 is 12.7. The van der Waals surface area contributed by atoms with Crippen molar-refractivity contribution in [1.82, 2.24) is 34.4 Å². The van der Waals surface area contributed by atoms with Crippen molar-refractivity contribution in [2.45, 2.75) is 18.9 Å². The van der Waals surface area contributed by atoms with E-state index in [-0.39, 0.29) is 5.95 Å². The van der Waals surface area contributed by atoms with Gasteiger partial charge in [-0.15, -0.1) is 5.10 Å². The highest BCUT2D eigenvalue weighted by Gasteiger charge is 2.23. The second kappa shape index (κ2) is 10.3. The Morgan fingerprint density at radius 3 is 2.77 bits per heavy atom. The first-order valence-corrected chi connectivity index (χ1v) is 11.8. The van der Waals surface area contributed by atoms with Crippen LogP contribution in [0.4, 0.5) is 11.9 Å². The van der Waals surface area contributed by atoms with Gasteiger partial charge >= 0.3 is 0 Å². The molecule has 35 heavy (non-hydrogen) atoms. The molecule has 0 bridgehead atoms. The minimum absolute atomic E-state index is 0.204. The van der Waals surface area contributed by atoms with Crippen molar-refractivity contribution in [2.75, 3.05) is 57.9 Å². The minimum Gasteiger partial charge on any atom is -0.492 e. The van der Waals surface area contributed by atoms with E-state index >= 15 is 0 Å². The number of aromatic nitrogens is 5. The molecule has 0 saturated carbocycles. The first kappa shape index (κ1) is 23.1. The highest BCUT2D eigenvalue weighted by Crippen LogP contribution is 2.18. The summed E-state index contributed by atoms with van der Waals surface area (Å²) in [6.45, 7) is 4.57. The number of rotatable bonds is 10. The second-order valence-electron chi connectivity index (χ2n) is 8.91. The van der Waals surface area contributed by atoms with E-state index in [1.54, 1.807) is 18.4 Å². The molecular weight excluding hydrogens is 446 g/mol. The Labute approximate surface area is 203 Å². The van der Waals surface area contributed by atoms with E-state index in [1.807, 2.05) is 12.1 Å². The van der Waals surface area contributed by atoms with E-state index in [0.29, 0.717) is 42.5 Å². The van der Waals surface area contributed by atoms with Gasteiger partial charge < -0.3 is 25.1 Å². The SMILES string of the molecule is CN(C)[C@H]1CCN(CCOc2ccc(CCNc3nc(N)n4nc(-c5ccco5)nc4n3)cc2)C1. The molecule has 0 aliphatic carbocycles. The number of hydrogen-bond acceptors (Lipinski definition) is 10. The topological polar surface area (TPSA) is 123 Å². The van der Waals surface area contributed by atoms with Gasteiger partial charge in [0.05, 0.1) is 6.26 Å². The lowest BCUT2D eigenvalue weighted by atomic mass is 10.1. The minimum atomic E-state index is 0.204. The highest BCUT2D eigenvalue weighted by atomic mass is 16.5. The second-order valence-corrected chi connectivity index (χ2v) is 8.91. The van der Waals surface area contributed by atoms with Crippen LogP contribution >= 0.6 is 0 Å². The molecule has 184 valence electrons. The molecule has 5 rings (SSSR count). The van der Waals surface area contributed by atoms with Crippen molar-refractivity contribution in [3.05, 3.63) is 48.2 Å². The predicted octanol–water partition coefficient (Wildman–Crippen LogP) is 2.03. The van der Waals surface area contributed by atoms with Gasteiger partial charge in [0.2, 0.25) is 17.7 Å². The molecule has 0 spiro atoms. The summed E-state index contributed by atoms with van der Waals surface area (Å²) in [7, 11) is 4.30. The largest absolute Gasteiger partial charge is 0.492 e. The van der Waals surface area contributed by atoms with Gasteiger partial charge in [-0.1, -0.05) is 12.1 Å². The molecule has 11 nitrogen and oxygen atoms in total. The van der Waals surface area contributed by atoms with Crippen LogP contribution < -0.4 is 15.8 Å².